The summed E-state index contributed by atoms with van der Waals surface area (Å²) in [5.74, 6) is -2.18. The maximum absolute atomic E-state index is 13.8. The van der Waals surface area contributed by atoms with Crippen molar-refractivity contribution in [1.82, 2.24) is 10.6 Å². The Hall–Kier alpha value is -5.70. The van der Waals surface area contributed by atoms with Crippen LogP contribution < -0.4 is 16.3 Å². The van der Waals surface area contributed by atoms with E-state index in [1.54, 1.807) is 24.3 Å². The summed E-state index contributed by atoms with van der Waals surface area (Å²) in [6.45, 7) is 0.0283. The van der Waals surface area contributed by atoms with E-state index in [1.807, 2.05) is 66.7 Å². The third-order valence-corrected chi connectivity index (χ3v) is 6.98. The number of carbonyl (C=O) groups excluding carboxylic acids is 3. The fourth-order valence-corrected chi connectivity index (χ4v) is 4.70. The van der Waals surface area contributed by atoms with Gasteiger partial charge in [-0.15, -0.1) is 0 Å². The number of hydrogen-bond acceptors (Lipinski definition) is 7. The molecule has 0 aliphatic carbocycles. The van der Waals surface area contributed by atoms with E-state index in [2.05, 4.69) is 10.6 Å². The average molecular weight is 591 g/mol. The first-order valence-corrected chi connectivity index (χ1v) is 14.0. The molecule has 0 saturated carbocycles. The third kappa shape index (κ3) is 7.77. The molecule has 1 aromatic heterocycles. The first-order valence-electron chi connectivity index (χ1n) is 14.0. The Labute approximate surface area is 253 Å². The molecular formula is C35H30N2O7. The Kier molecular flexibility index (Phi) is 9.46. The van der Waals surface area contributed by atoms with Crippen molar-refractivity contribution in [3.63, 3.8) is 0 Å². The zero-order valence-electron chi connectivity index (χ0n) is 23.6. The van der Waals surface area contributed by atoms with E-state index in [4.69, 9.17) is 9.15 Å². The summed E-state index contributed by atoms with van der Waals surface area (Å²) >= 11 is 0. The minimum absolute atomic E-state index is 0.0283. The van der Waals surface area contributed by atoms with Gasteiger partial charge in [0, 0.05) is 24.3 Å². The molecule has 1 heterocycles. The highest BCUT2D eigenvalue weighted by atomic mass is 16.5. The number of rotatable bonds is 11. The molecule has 2 atom stereocenters. The molecule has 222 valence electrons. The maximum atomic E-state index is 13.8. The lowest BCUT2D eigenvalue weighted by molar-refractivity contribution is -0.149. The van der Waals surface area contributed by atoms with Crippen LogP contribution in [-0.4, -0.2) is 35.0 Å². The third-order valence-electron chi connectivity index (χ3n) is 6.98. The summed E-state index contributed by atoms with van der Waals surface area (Å²) < 4.78 is 10.8. The second-order valence-electron chi connectivity index (χ2n) is 10.2. The topological polar surface area (TPSA) is 135 Å². The van der Waals surface area contributed by atoms with Crippen molar-refractivity contribution in [3.05, 3.63) is 148 Å². The van der Waals surface area contributed by atoms with E-state index in [-0.39, 0.29) is 36.3 Å². The molecule has 4 aromatic carbocycles. The maximum Gasteiger partial charge on any atom is 0.349 e. The molecule has 0 radical (unpaired) electrons. The first-order chi connectivity index (χ1) is 21.4. The van der Waals surface area contributed by atoms with Crippen LogP contribution in [0.5, 0.6) is 5.75 Å². The van der Waals surface area contributed by atoms with Gasteiger partial charge in [0.15, 0.2) is 0 Å². The molecule has 2 amide bonds. The van der Waals surface area contributed by atoms with E-state index in [0.717, 1.165) is 16.7 Å². The fraction of sp³-hybridized carbons (Fsp3) is 0.143. The Morgan fingerprint density at radius 1 is 0.705 bits per heavy atom. The quantitative estimate of drug-likeness (QED) is 0.154. The number of aromatic hydroxyl groups is 1. The van der Waals surface area contributed by atoms with Gasteiger partial charge in [0.25, 0.3) is 5.91 Å². The number of benzene rings is 4. The molecule has 0 unspecified atom stereocenters. The van der Waals surface area contributed by atoms with Gasteiger partial charge in [-0.25, -0.2) is 9.59 Å². The fourth-order valence-electron chi connectivity index (χ4n) is 4.70. The van der Waals surface area contributed by atoms with Crippen LogP contribution >= 0.6 is 0 Å². The second kappa shape index (κ2) is 14.0. The molecule has 0 aliphatic rings. The number of esters is 1. The summed E-state index contributed by atoms with van der Waals surface area (Å²) in [4.78, 5) is 53.1. The molecule has 0 aliphatic heterocycles. The first kappa shape index (κ1) is 29.8. The highest BCUT2D eigenvalue weighted by molar-refractivity contribution is 6.00. The normalized spacial score (nSPS) is 12.2. The number of hydrogen-bond donors (Lipinski definition) is 3. The number of phenolic OH excluding ortho intramolecular Hbond substituents is 1. The lowest BCUT2D eigenvalue weighted by Crippen LogP contribution is -2.53. The van der Waals surface area contributed by atoms with Crippen LogP contribution in [0.1, 0.15) is 27.0 Å². The summed E-state index contributed by atoms with van der Waals surface area (Å²) in [7, 11) is 0. The lowest BCUT2D eigenvalue weighted by atomic mass is 10.0. The standard InChI is InChI=1S/C35H30N2O7/c38-27-17-16-26-20-28(34(41)44-31(26)21-27)32(39)36-29(18-23-10-4-1-5-11-23)33(40)37-30(19-24-12-6-2-7-13-24)35(42)43-22-25-14-8-3-9-15-25/h1-17,20-21,29-30,38H,18-19,22H2,(H,36,39)(H,37,40)/t29-,30-/m0/s1. The van der Waals surface area contributed by atoms with Crippen molar-refractivity contribution in [3.8, 4) is 5.75 Å². The Bertz CT molecular complexity index is 1810. The van der Waals surface area contributed by atoms with Crippen molar-refractivity contribution in [2.24, 2.45) is 0 Å². The number of ether oxygens (including phenoxy) is 1. The molecule has 0 bridgehead atoms. The van der Waals surface area contributed by atoms with Crippen LogP contribution in [-0.2, 0) is 33.8 Å². The van der Waals surface area contributed by atoms with Gasteiger partial charge in [-0.3, -0.25) is 9.59 Å². The van der Waals surface area contributed by atoms with E-state index in [0.29, 0.717) is 5.39 Å². The van der Waals surface area contributed by atoms with E-state index < -0.39 is 35.5 Å². The van der Waals surface area contributed by atoms with Crippen LogP contribution in [0, 0.1) is 0 Å². The van der Waals surface area contributed by atoms with Crippen molar-refractivity contribution < 1.29 is 28.6 Å². The van der Waals surface area contributed by atoms with Gasteiger partial charge in [-0.1, -0.05) is 91.0 Å². The largest absolute Gasteiger partial charge is 0.508 e. The van der Waals surface area contributed by atoms with Gasteiger partial charge in [-0.2, -0.15) is 0 Å². The molecule has 5 aromatic rings. The SMILES string of the molecule is O=C(N[C@@H](Cc1ccccc1)C(=O)N[C@@H](Cc1ccccc1)C(=O)OCc1ccccc1)c1cc2ccc(O)cc2oc1=O. The van der Waals surface area contributed by atoms with E-state index in [9.17, 15) is 24.3 Å². The van der Waals surface area contributed by atoms with Crippen LogP contribution in [0.2, 0.25) is 0 Å². The number of carbonyl (C=O) groups is 3. The molecule has 0 spiro atoms. The van der Waals surface area contributed by atoms with Gasteiger partial charge in [0.05, 0.1) is 0 Å². The summed E-state index contributed by atoms with van der Waals surface area (Å²) in [6, 6.07) is 30.7. The molecule has 9 nitrogen and oxygen atoms in total. The summed E-state index contributed by atoms with van der Waals surface area (Å²) in [6.07, 6.45) is 0.246. The molecule has 0 saturated heterocycles. The second-order valence-corrected chi connectivity index (χ2v) is 10.2. The van der Waals surface area contributed by atoms with Gasteiger partial charge in [-0.05, 0) is 34.9 Å². The number of phenols is 1. The predicted molar refractivity (Wildman–Crippen MR) is 164 cm³/mol. The molecule has 3 N–H and O–H groups in total. The molecule has 5 rings (SSSR count). The Morgan fingerprint density at radius 2 is 1.27 bits per heavy atom. The van der Waals surface area contributed by atoms with E-state index >= 15 is 0 Å². The van der Waals surface area contributed by atoms with Crippen molar-refractivity contribution in [1.29, 1.82) is 0 Å². The van der Waals surface area contributed by atoms with Gasteiger partial charge in [0.1, 0.15) is 35.6 Å². The zero-order chi connectivity index (χ0) is 30.9. The molecule has 44 heavy (non-hydrogen) atoms. The minimum Gasteiger partial charge on any atom is -0.508 e. The number of nitrogens with one attached hydrogen (secondary N) is 2. The van der Waals surface area contributed by atoms with Gasteiger partial charge < -0.3 is 24.9 Å². The molecule has 9 heteroatoms. The van der Waals surface area contributed by atoms with Crippen LogP contribution in [0.3, 0.4) is 0 Å². The smallest absolute Gasteiger partial charge is 0.349 e. The van der Waals surface area contributed by atoms with Crippen LogP contribution in [0.4, 0.5) is 0 Å². The van der Waals surface area contributed by atoms with Gasteiger partial charge >= 0.3 is 11.6 Å². The van der Waals surface area contributed by atoms with Gasteiger partial charge in [0.2, 0.25) is 5.91 Å². The summed E-state index contributed by atoms with van der Waals surface area (Å²) in [5, 5.41) is 15.5. The number of fused-ring (bicyclic) bond motifs is 1. The zero-order valence-corrected chi connectivity index (χ0v) is 23.6. The highest BCUT2D eigenvalue weighted by Crippen LogP contribution is 2.19. The van der Waals surface area contributed by atoms with Crippen LogP contribution in [0.15, 0.2) is 124 Å². The highest BCUT2D eigenvalue weighted by Gasteiger charge is 2.29. The van der Waals surface area contributed by atoms with Crippen molar-refractivity contribution in [2.75, 3.05) is 0 Å². The van der Waals surface area contributed by atoms with Crippen LogP contribution in [0.25, 0.3) is 11.0 Å². The van der Waals surface area contributed by atoms with Crippen molar-refractivity contribution in [2.45, 2.75) is 31.5 Å². The Morgan fingerprint density at radius 3 is 1.89 bits per heavy atom. The summed E-state index contributed by atoms with van der Waals surface area (Å²) in [5.41, 5.74) is 1.23. The lowest BCUT2D eigenvalue weighted by Gasteiger charge is -2.23. The molecular weight excluding hydrogens is 560 g/mol. The number of amides is 2. The average Bonchev–Trinajstić information content (AvgIpc) is 3.04. The minimum atomic E-state index is -1.15. The Balaban J connectivity index is 1.39. The van der Waals surface area contributed by atoms with Crippen molar-refractivity contribution >= 4 is 28.8 Å². The predicted octanol–water partition coefficient (Wildman–Crippen LogP) is 4.31. The van der Waals surface area contributed by atoms with E-state index in [1.165, 1.54) is 24.3 Å². The molecule has 0 fully saturated rings. The monoisotopic (exact) mass is 590 g/mol.